The molecule has 2 aliphatic carbocycles. The second kappa shape index (κ2) is 17.1. The summed E-state index contributed by atoms with van der Waals surface area (Å²) in [6.45, 7) is -1.81. The van der Waals surface area contributed by atoms with Crippen molar-refractivity contribution in [3.8, 4) is 50.6 Å². The number of carbonyl (C=O) groups excluding carboxylic acids is 1. The third-order valence-electron chi connectivity index (χ3n) is 12.3. The Morgan fingerprint density at radius 3 is 1.34 bits per heavy atom. The van der Waals surface area contributed by atoms with Crippen molar-refractivity contribution in [2.45, 2.75) is 0 Å². The Hall–Kier alpha value is -5.62. The predicted octanol–water partition coefficient (Wildman–Crippen LogP) is 13.5. The number of ketones is 1. The van der Waals surface area contributed by atoms with E-state index in [2.05, 4.69) is 69.5 Å². The van der Waals surface area contributed by atoms with Gasteiger partial charge in [-0.25, -0.2) is 4.44 Å². The first kappa shape index (κ1) is 43.6. The summed E-state index contributed by atoms with van der Waals surface area (Å²) in [5.41, 5.74) is 8.52. The molecule has 3 heterocycles. The Bertz CT molecular complexity index is 3580. The predicted molar refractivity (Wildman–Crippen MR) is 299 cm³/mol. The minimum atomic E-state index is -3.44. The molecule has 0 aromatic heterocycles. The van der Waals surface area contributed by atoms with Crippen LogP contribution >= 0.6 is 26.1 Å². The van der Waals surface area contributed by atoms with Crippen LogP contribution in [0.25, 0.3) is 33.4 Å². The number of para-hydroxylation sites is 3. The molecule has 0 radical (unpaired) electrons. The van der Waals surface area contributed by atoms with Gasteiger partial charge in [-0.15, -0.1) is 0 Å². The molecule has 5 aliphatic rings. The van der Waals surface area contributed by atoms with E-state index in [0.29, 0.717) is 34.2 Å². The maximum absolute atomic E-state index is 13.6. The van der Waals surface area contributed by atoms with Gasteiger partial charge in [-0.3, -0.25) is 4.79 Å². The number of fused-ring (bicyclic) bond motifs is 9. The van der Waals surface area contributed by atoms with Crippen LogP contribution in [-0.4, -0.2) is 11.1 Å². The van der Waals surface area contributed by atoms with Crippen molar-refractivity contribution >= 4 is 112 Å². The van der Waals surface area contributed by atoms with Crippen molar-refractivity contribution in [3.63, 3.8) is 0 Å². The van der Waals surface area contributed by atoms with Gasteiger partial charge in [0.2, 0.25) is 12.8 Å². The van der Waals surface area contributed by atoms with Gasteiger partial charge in [-0.1, -0.05) is 146 Å². The van der Waals surface area contributed by atoms with Gasteiger partial charge in [0.1, 0.15) is 17.2 Å². The molecule has 0 saturated carbocycles. The van der Waals surface area contributed by atoms with E-state index < -0.39 is 26.1 Å². The Balaban J connectivity index is 1.14. The van der Waals surface area contributed by atoms with E-state index in [0.717, 1.165) is 60.2 Å². The lowest BCUT2D eigenvalue weighted by molar-refractivity contribution is -0.111. The zero-order valence-corrected chi connectivity index (χ0v) is 42.6. The van der Waals surface area contributed by atoms with E-state index >= 15 is 0 Å². The lowest BCUT2D eigenvalue weighted by atomic mass is 9.95. The second-order valence-electron chi connectivity index (χ2n) is 16.3. The van der Waals surface area contributed by atoms with Crippen LogP contribution in [0.4, 0.5) is 11.4 Å². The van der Waals surface area contributed by atoms with Gasteiger partial charge < -0.3 is 25.8 Å². The average molecular weight is 1030 g/mol. The molecule has 7 aromatic rings. The highest BCUT2D eigenvalue weighted by atomic mass is 32.7. The van der Waals surface area contributed by atoms with Gasteiger partial charge in [0.25, 0.3) is 6.42 Å². The maximum atomic E-state index is 13.6. The molecule has 68 heavy (non-hydrogen) atoms. The molecule has 6 nitrogen and oxygen atoms in total. The molecular weight excluding hydrogens is 993 g/mol. The topological polar surface area (TPSA) is 51.2 Å². The molecule has 12 rings (SSSR count). The van der Waals surface area contributed by atoms with Crippen molar-refractivity contribution in [3.05, 3.63) is 230 Å². The fourth-order valence-corrected chi connectivity index (χ4v) is 28.1. The first-order chi connectivity index (χ1) is 33.2. The number of allylic oxidation sites excluding steroid dienone is 10. The first-order valence-electron chi connectivity index (χ1n) is 21.7. The van der Waals surface area contributed by atoms with Crippen molar-refractivity contribution < 1.29 is 18.4 Å². The minimum Gasteiger partial charge on any atom is -0.464 e. The average Bonchev–Trinajstić information content (AvgIpc) is 3.37. The smallest absolute Gasteiger partial charge is 0.270 e. The minimum absolute atomic E-state index is 0.0956. The third-order valence-corrected chi connectivity index (χ3v) is 29.5. The van der Waals surface area contributed by atoms with Gasteiger partial charge in [0.15, 0.2) is 11.1 Å². The number of hydrogen-bond acceptors (Lipinski definition) is 8. The second-order valence-corrected chi connectivity index (χ2v) is 30.1. The molecule has 3 aliphatic heterocycles. The van der Waals surface area contributed by atoms with Gasteiger partial charge in [0.05, 0.1) is 23.6 Å². The standard InChI is InChI=1S/C54H36N2O4P4S4/c57-47-28-9-1-20-39(47)43-24-5-13-32-51(43)61(65)55(62(66)52-33-14-6-25-44(52)40-21-2-10-29-48(40)58-62)37-18-17-19-38(36-37)56(63(67)53-34-15-7-26-45(53)41-22-3-11-30-49(41)59-63)64(68)54-35-16-8-27-46(54)42-23-4-12-31-50(42)60-64/h1-36H. The molecule has 4 unspecified atom stereocenters. The van der Waals surface area contributed by atoms with Crippen molar-refractivity contribution in [2.75, 3.05) is 8.88 Å². The molecule has 14 heteroatoms. The van der Waals surface area contributed by atoms with Gasteiger partial charge in [-0.2, -0.15) is 4.44 Å². The Morgan fingerprint density at radius 2 is 0.824 bits per heavy atom. The summed E-state index contributed by atoms with van der Waals surface area (Å²) >= 11 is 28.2. The summed E-state index contributed by atoms with van der Waals surface area (Å²) in [5.74, 6) is 1.93. The summed E-state index contributed by atoms with van der Waals surface area (Å²) in [5, 5.41) is 3.40. The number of hydrogen-bond donors (Lipinski definition) is 0. The summed E-state index contributed by atoms with van der Waals surface area (Å²) in [7, 11) is 0. The van der Waals surface area contributed by atoms with Crippen molar-refractivity contribution in [1.29, 1.82) is 0 Å². The normalized spacial score (nSPS) is 23.0. The van der Waals surface area contributed by atoms with Crippen LogP contribution in [0.15, 0.2) is 230 Å². The number of benzene rings is 7. The Morgan fingerprint density at radius 1 is 0.426 bits per heavy atom. The fraction of sp³-hybridized carbons (Fsp3) is 0. The lowest BCUT2D eigenvalue weighted by Gasteiger charge is -2.47. The molecule has 0 amide bonds. The van der Waals surface area contributed by atoms with Crippen molar-refractivity contribution in [2.24, 2.45) is 0 Å². The molecule has 0 spiro atoms. The van der Waals surface area contributed by atoms with Crippen LogP contribution in [0.1, 0.15) is 0 Å². The van der Waals surface area contributed by atoms with Crippen LogP contribution in [0.2, 0.25) is 0 Å². The van der Waals surface area contributed by atoms with E-state index in [-0.39, 0.29) is 5.78 Å². The monoisotopic (exact) mass is 1030 g/mol. The Labute approximate surface area is 416 Å². The zero-order chi connectivity index (χ0) is 46.2. The van der Waals surface area contributed by atoms with Gasteiger partial charge in [0, 0.05) is 38.4 Å². The van der Waals surface area contributed by atoms with E-state index in [4.69, 9.17) is 61.2 Å². The van der Waals surface area contributed by atoms with Gasteiger partial charge in [-0.05, 0) is 125 Å². The van der Waals surface area contributed by atoms with Crippen LogP contribution < -0.4 is 38.4 Å². The summed E-state index contributed by atoms with van der Waals surface area (Å²) in [6.07, 6.45) is 4.72. The number of nitrogens with zero attached hydrogens (tertiary/aromatic N) is 2. The third kappa shape index (κ3) is 6.92. The Kier molecular flexibility index (Phi) is 11.0. The quantitative estimate of drug-likeness (QED) is 0.0915. The number of anilines is 2. The molecule has 330 valence electrons. The summed E-state index contributed by atoms with van der Waals surface area (Å²) in [4.78, 5) is 13.6. The van der Waals surface area contributed by atoms with Crippen LogP contribution in [0.3, 0.4) is 0 Å². The summed E-state index contributed by atoms with van der Waals surface area (Å²) < 4.78 is 26.2. The van der Waals surface area contributed by atoms with Crippen LogP contribution in [0, 0.1) is 0 Å². The molecule has 0 fully saturated rings. The fourth-order valence-electron chi connectivity index (χ4n) is 9.34. The molecular formula is C54H36N2O4P4S4. The van der Waals surface area contributed by atoms with E-state index in [1.54, 1.807) is 12.2 Å². The largest absolute Gasteiger partial charge is 0.464 e. The van der Waals surface area contributed by atoms with E-state index in [1.807, 2.05) is 146 Å². The SMILES string of the molecule is O=C1C=CC=CC1=C1C=CC=CC1=[P+]([S-])N(c1cccc(N(P2(=S)Oc3ccccc3-c3ccccc32)P2(=S)Oc3ccccc3-c3ccccc32)c1)P1(=S)Oc2ccccc2-c2ccccc21. The van der Waals surface area contributed by atoms with Gasteiger partial charge >= 0.3 is 0 Å². The molecule has 0 saturated heterocycles. The first-order valence-corrected chi connectivity index (χ1v) is 32.0. The van der Waals surface area contributed by atoms with E-state index in [9.17, 15) is 4.79 Å². The summed E-state index contributed by atoms with van der Waals surface area (Å²) in [6, 6.07) is 56.9. The molecule has 4 atom stereocenters. The molecule has 0 N–H and O–H groups in total. The van der Waals surface area contributed by atoms with Crippen LogP contribution in [-0.2, 0) is 52.5 Å². The van der Waals surface area contributed by atoms with Crippen LogP contribution in [0.5, 0.6) is 17.2 Å². The molecule has 0 bridgehead atoms. The highest BCUT2D eigenvalue weighted by Crippen LogP contribution is 2.73. The number of rotatable bonds is 6. The molecule has 7 aromatic carbocycles. The van der Waals surface area contributed by atoms with E-state index in [1.165, 1.54) is 0 Å². The lowest BCUT2D eigenvalue weighted by Crippen LogP contribution is -2.36. The highest BCUT2D eigenvalue weighted by molar-refractivity contribution is 8.37. The van der Waals surface area contributed by atoms with Crippen molar-refractivity contribution in [1.82, 2.24) is 0 Å². The maximum Gasteiger partial charge on any atom is 0.270 e. The number of carbonyl (C=O) groups is 1. The highest BCUT2D eigenvalue weighted by Gasteiger charge is 2.50. The zero-order valence-electron chi connectivity index (χ0n) is 35.7.